The van der Waals surface area contributed by atoms with Gasteiger partial charge in [-0.25, -0.2) is 26.9 Å². The van der Waals surface area contributed by atoms with Gasteiger partial charge >= 0.3 is 0 Å². The van der Waals surface area contributed by atoms with Crippen LogP contribution in [0, 0.1) is 18.6 Å². The number of halogens is 2. The lowest BCUT2D eigenvalue weighted by Crippen LogP contribution is -2.47. The number of hydrogen-bond donors (Lipinski definition) is 3. The van der Waals surface area contributed by atoms with E-state index in [0.717, 1.165) is 61.1 Å². The number of aliphatic imine (C=N–C) groups is 1. The summed E-state index contributed by atoms with van der Waals surface area (Å²) in [6.45, 7) is 11.8. The Morgan fingerprint density at radius 2 is 1.61 bits per heavy atom. The largest absolute Gasteiger partial charge is 0.353 e. The topological polar surface area (TPSA) is 106 Å². The third kappa shape index (κ3) is 9.30. The monoisotopic (exact) mass is 708 g/mol. The Balaban J connectivity index is 0.000000194. The minimum absolute atomic E-state index is 0.0689. The number of aryl methyl sites for hydroxylation is 1. The lowest BCUT2D eigenvalue weighted by molar-refractivity contribution is 0.102. The Kier molecular flexibility index (Phi) is 11.5. The van der Waals surface area contributed by atoms with Gasteiger partial charge in [-0.15, -0.1) is 11.3 Å². The summed E-state index contributed by atoms with van der Waals surface area (Å²) in [6, 6.07) is 20.0. The van der Waals surface area contributed by atoms with E-state index in [-0.39, 0.29) is 18.0 Å². The summed E-state index contributed by atoms with van der Waals surface area (Å²) >= 11 is 1.81. The molecule has 9 nitrogen and oxygen atoms in total. The van der Waals surface area contributed by atoms with Gasteiger partial charge in [0.1, 0.15) is 22.5 Å². The molecule has 49 heavy (non-hydrogen) atoms. The van der Waals surface area contributed by atoms with Gasteiger partial charge in [0.15, 0.2) is 0 Å². The number of carbonyl (C=O) groups excluding carboxylic acids is 1. The van der Waals surface area contributed by atoms with Gasteiger partial charge in [-0.2, -0.15) is 0 Å². The first kappa shape index (κ1) is 36.1. The fourth-order valence-corrected chi connectivity index (χ4v) is 7.05. The Morgan fingerprint density at radius 1 is 0.959 bits per heavy atom. The van der Waals surface area contributed by atoms with Crippen molar-refractivity contribution in [2.24, 2.45) is 4.99 Å². The molecule has 0 saturated carbocycles. The zero-order chi connectivity index (χ0) is 35.3. The van der Waals surface area contributed by atoms with Gasteiger partial charge in [-0.05, 0) is 81.8 Å². The molecule has 1 amide bonds. The number of nitrogens with one attached hydrogen (secondary N) is 3. The number of hydrogen-bond acceptors (Lipinski definition) is 8. The van der Waals surface area contributed by atoms with Crippen molar-refractivity contribution in [3.8, 4) is 0 Å². The maximum absolute atomic E-state index is 13.2. The molecule has 0 radical (unpaired) electrons. The van der Waals surface area contributed by atoms with Crippen LogP contribution < -0.4 is 15.4 Å². The quantitative estimate of drug-likeness (QED) is 0.190. The molecule has 2 aliphatic rings. The highest BCUT2D eigenvalue weighted by Crippen LogP contribution is 2.39. The molecule has 260 valence electrons. The van der Waals surface area contributed by atoms with Crippen LogP contribution in [0.15, 0.2) is 77.8 Å². The molecule has 1 atom stereocenters. The highest BCUT2D eigenvalue weighted by molar-refractivity contribution is 7.90. The van der Waals surface area contributed by atoms with Gasteiger partial charge in [-0.1, -0.05) is 31.2 Å². The molecule has 3 aromatic carbocycles. The Hall–Kier alpha value is -4.17. The second-order valence-corrected chi connectivity index (χ2v) is 16.1. The highest BCUT2D eigenvalue weighted by Gasteiger charge is 2.25. The third-order valence-electron chi connectivity index (χ3n) is 8.35. The van der Waals surface area contributed by atoms with Crippen LogP contribution in [0.5, 0.6) is 0 Å². The van der Waals surface area contributed by atoms with Crippen molar-refractivity contribution in [1.82, 2.24) is 14.5 Å². The van der Waals surface area contributed by atoms with Crippen LogP contribution in [-0.2, 0) is 10.0 Å². The number of piperazine rings is 1. The molecule has 1 fully saturated rings. The van der Waals surface area contributed by atoms with Crippen molar-refractivity contribution in [1.29, 1.82) is 0 Å². The van der Waals surface area contributed by atoms with Crippen molar-refractivity contribution in [3.63, 3.8) is 0 Å². The highest BCUT2D eigenvalue weighted by atomic mass is 32.2. The van der Waals surface area contributed by atoms with E-state index in [9.17, 15) is 22.0 Å². The molecule has 0 aliphatic carbocycles. The number of nitrogens with zero attached hydrogens (tertiary/aromatic N) is 3. The SMILES string of the molecule is CC(C)S(=O)(=O)NC[C@H](C)c1ccc(NC(=O)c2cc(F)cc(F)c2)cc1.Cc1cc2c(s1)Nc1ccccc1N=C2N1CCN(C)CC1. The first-order chi connectivity index (χ1) is 23.3. The van der Waals surface area contributed by atoms with Gasteiger partial charge in [0, 0.05) is 54.9 Å². The molecular weight excluding hydrogens is 667 g/mol. The first-order valence-corrected chi connectivity index (χ1v) is 18.5. The van der Waals surface area contributed by atoms with Crippen LogP contribution in [-0.4, -0.2) is 75.0 Å². The fourth-order valence-electron chi connectivity index (χ4n) is 5.31. The average molecular weight is 709 g/mol. The molecular formula is C36H42F2N6O3S2. The van der Waals surface area contributed by atoms with E-state index < -0.39 is 32.8 Å². The Morgan fingerprint density at radius 3 is 2.27 bits per heavy atom. The number of amidine groups is 1. The number of benzene rings is 3. The predicted octanol–water partition coefficient (Wildman–Crippen LogP) is 7.09. The van der Waals surface area contributed by atoms with Crippen molar-refractivity contribution < 1.29 is 22.0 Å². The molecule has 1 saturated heterocycles. The molecule has 1 aromatic heterocycles. The summed E-state index contributed by atoms with van der Waals surface area (Å²) in [7, 11) is -1.15. The van der Waals surface area contributed by atoms with Crippen molar-refractivity contribution in [3.05, 3.63) is 106 Å². The van der Waals surface area contributed by atoms with Crippen molar-refractivity contribution in [2.45, 2.75) is 38.9 Å². The molecule has 2 aliphatic heterocycles. The lowest BCUT2D eigenvalue weighted by Gasteiger charge is -2.34. The fraction of sp³-hybridized carbons (Fsp3) is 0.333. The number of rotatable bonds is 7. The molecule has 3 heterocycles. The van der Waals surface area contributed by atoms with Crippen LogP contribution in [0.25, 0.3) is 0 Å². The minimum Gasteiger partial charge on any atom is -0.353 e. The minimum atomic E-state index is -3.33. The van der Waals surface area contributed by atoms with Crippen LogP contribution in [0.2, 0.25) is 0 Å². The summed E-state index contributed by atoms with van der Waals surface area (Å²) in [5, 5.41) is 6.84. The standard InChI is InChI=1S/C19H22F2N2O3S.C17H20N4S/c1-12(2)27(25,26)22-11-13(3)14-4-6-18(7-5-14)23-19(24)15-8-16(20)10-17(21)9-15;1-12-11-13-16(21-9-7-20(2)8-10-21)18-14-5-3-4-6-15(14)19-17(13)22-12/h4-10,12-13,22H,11H2,1-3H3,(H,23,24);3-6,11,19H,7-10H2,1-2H3/t13-;/m0./s1. The zero-order valence-electron chi connectivity index (χ0n) is 28.3. The van der Waals surface area contributed by atoms with E-state index in [1.165, 1.54) is 15.4 Å². The van der Waals surface area contributed by atoms with E-state index in [4.69, 9.17) is 4.99 Å². The van der Waals surface area contributed by atoms with E-state index >= 15 is 0 Å². The van der Waals surface area contributed by atoms with E-state index in [1.807, 2.05) is 6.92 Å². The first-order valence-electron chi connectivity index (χ1n) is 16.1. The molecule has 13 heteroatoms. The lowest BCUT2D eigenvalue weighted by atomic mass is 10.0. The average Bonchev–Trinajstić information content (AvgIpc) is 3.35. The predicted molar refractivity (Wildman–Crippen MR) is 195 cm³/mol. The van der Waals surface area contributed by atoms with Crippen molar-refractivity contribution >= 4 is 55.2 Å². The number of amides is 1. The number of thiophene rings is 1. The molecule has 6 rings (SSSR count). The van der Waals surface area contributed by atoms with Gasteiger partial charge in [0.2, 0.25) is 10.0 Å². The van der Waals surface area contributed by atoms with Gasteiger partial charge in [-0.3, -0.25) is 4.79 Å². The number of sulfonamides is 1. The summed E-state index contributed by atoms with van der Waals surface area (Å²) in [4.78, 5) is 23.2. The molecule has 3 N–H and O–H groups in total. The van der Waals surface area contributed by atoms with Gasteiger partial charge < -0.3 is 20.4 Å². The van der Waals surface area contributed by atoms with Gasteiger partial charge in [0.25, 0.3) is 5.91 Å². The summed E-state index contributed by atoms with van der Waals surface area (Å²) in [5.41, 5.74) is 4.59. The second kappa shape index (κ2) is 15.6. The second-order valence-electron chi connectivity index (χ2n) is 12.5. The van der Waals surface area contributed by atoms with Crippen LogP contribution in [0.1, 0.15) is 53.1 Å². The van der Waals surface area contributed by atoms with E-state index in [2.05, 4.69) is 69.5 Å². The molecule has 0 bridgehead atoms. The Bertz CT molecular complexity index is 1900. The number of fused-ring (bicyclic) bond motifs is 2. The van der Waals surface area contributed by atoms with Crippen LogP contribution in [0.3, 0.4) is 0 Å². The molecule has 0 spiro atoms. The maximum atomic E-state index is 13.2. The van der Waals surface area contributed by atoms with Crippen LogP contribution in [0.4, 0.5) is 30.8 Å². The summed E-state index contributed by atoms with van der Waals surface area (Å²) in [6.07, 6.45) is 0. The smallest absolute Gasteiger partial charge is 0.255 e. The zero-order valence-corrected chi connectivity index (χ0v) is 29.9. The number of para-hydroxylation sites is 2. The maximum Gasteiger partial charge on any atom is 0.255 e. The normalized spacial score (nSPS) is 15.2. The molecule has 4 aromatic rings. The third-order valence-corrected chi connectivity index (χ3v) is 11.1. The Labute approximate surface area is 291 Å². The summed E-state index contributed by atoms with van der Waals surface area (Å²) < 4.78 is 52.6. The van der Waals surface area contributed by atoms with Gasteiger partial charge in [0.05, 0.1) is 22.2 Å². The van der Waals surface area contributed by atoms with E-state index in [1.54, 1.807) is 49.4 Å². The number of likely N-dealkylation sites (N-methyl/N-ethyl adjacent to an activating group) is 1. The number of carbonyl (C=O) groups is 1. The number of anilines is 3. The van der Waals surface area contributed by atoms with Crippen LogP contribution >= 0.6 is 11.3 Å². The molecule has 0 unspecified atom stereocenters. The van der Waals surface area contributed by atoms with E-state index in [0.29, 0.717) is 11.8 Å². The van der Waals surface area contributed by atoms with Crippen molar-refractivity contribution in [2.75, 3.05) is 50.4 Å². The summed E-state index contributed by atoms with van der Waals surface area (Å²) in [5.74, 6) is -1.23.